The second-order valence-corrected chi connectivity index (χ2v) is 4.10. The van der Waals surface area contributed by atoms with Crippen LogP contribution in [0.2, 0.25) is 0 Å². The molecule has 0 aromatic carbocycles. The second-order valence-electron chi connectivity index (χ2n) is 4.10. The maximum atomic E-state index is 2.54. The van der Waals surface area contributed by atoms with Crippen molar-refractivity contribution in [2.24, 2.45) is 0 Å². The summed E-state index contributed by atoms with van der Waals surface area (Å²) in [5, 5.41) is 0. The molecule has 0 aliphatic carbocycles. The Morgan fingerprint density at radius 3 is 2.75 bits per heavy atom. The number of hydrogen-bond donors (Lipinski definition) is 0. The lowest BCUT2D eigenvalue weighted by atomic mass is 10.1. The number of allylic oxidation sites excluding steroid dienone is 1. The maximum absolute atomic E-state index is 2.54. The Balaban J connectivity index is 2.49. The molecular formula is C11H21N. The van der Waals surface area contributed by atoms with E-state index in [1.54, 1.807) is 5.57 Å². The van der Waals surface area contributed by atoms with Crippen LogP contribution in [0.1, 0.15) is 40.0 Å². The molecule has 0 bridgehead atoms. The van der Waals surface area contributed by atoms with E-state index in [0.29, 0.717) is 6.04 Å². The first kappa shape index (κ1) is 9.79. The van der Waals surface area contributed by atoms with Gasteiger partial charge in [0.1, 0.15) is 0 Å². The van der Waals surface area contributed by atoms with Gasteiger partial charge in [0.2, 0.25) is 0 Å². The fourth-order valence-electron chi connectivity index (χ4n) is 1.65. The Morgan fingerprint density at radius 2 is 2.08 bits per heavy atom. The number of nitrogens with zero attached hydrogens (tertiary/aromatic N) is 1. The van der Waals surface area contributed by atoms with Gasteiger partial charge in [-0.15, -0.1) is 0 Å². The average Bonchev–Trinajstić information content (AvgIpc) is 1.97. The smallest absolute Gasteiger partial charge is 0.0168 e. The molecule has 0 atom stereocenters. The summed E-state index contributed by atoms with van der Waals surface area (Å²) >= 11 is 0. The van der Waals surface area contributed by atoms with Crippen LogP contribution in [0.15, 0.2) is 11.6 Å². The molecule has 0 saturated heterocycles. The van der Waals surface area contributed by atoms with Crippen LogP contribution in [0.25, 0.3) is 0 Å². The van der Waals surface area contributed by atoms with E-state index in [-0.39, 0.29) is 0 Å². The Bertz CT molecular complexity index is 158. The third-order valence-corrected chi connectivity index (χ3v) is 2.67. The molecule has 0 saturated carbocycles. The highest BCUT2D eigenvalue weighted by Gasteiger charge is 2.09. The monoisotopic (exact) mass is 167 g/mol. The van der Waals surface area contributed by atoms with Gasteiger partial charge >= 0.3 is 0 Å². The summed E-state index contributed by atoms with van der Waals surface area (Å²) in [7, 11) is 0. The minimum atomic E-state index is 0.701. The summed E-state index contributed by atoms with van der Waals surface area (Å²) in [6, 6.07) is 0.701. The molecule has 1 aliphatic heterocycles. The Kier molecular flexibility index (Phi) is 3.80. The van der Waals surface area contributed by atoms with Gasteiger partial charge in [0.05, 0.1) is 0 Å². The molecule has 0 spiro atoms. The van der Waals surface area contributed by atoms with Gasteiger partial charge in [-0.2, -0.15) is 0 Å². The van der Waals surface area contributed by atoms with Crippen molar-refractivity contribution in [2.75, 3.05) is 13.1 Å². The first-order valence-corrected chi connectivity index (χ1v) is 5.10. The quantitative estimate of drug-likeness (QED) is 0.543. The van der Waals surface area contributed by atoms with Crippen molar-refractivity contribution in [3.63, 3.8) is 0 Å². The first-order chi connectivity index (χ1) is 5.70. The van der Waals surface area contributed by atoms with E-state index in [4.69, 9.17) is 0 Å². The van der Waals surface area contributed by atoms with E-state index in [1.165, 1.54) is 25.8 Å². The number of rotatable bonds is 1. The Labute approximate surface area is 76.5 Å². The molecule has 70 valence electrons. The van der Waals surface area contributed by atoms with E-state index in [9.17, 15) is 0 Å². The van der Waals surface area contributed by atoms with Crippen molar-refractivity contribution in [3.05, 3.63) is 11.6 Å². The van der Waals surface area contributed by atoms with Gasteiger partial charge in [-0.1, -0.05) is 11.6 Å². The van der Waals surface area contributed by atoms with Gasteiger partial charge in [0.15, 0.2) is 0 Å². The maximum Gasteiger partial charge on any atom is 0.0168 e. The molecule has 0 radical (unpaired) electrons. The normalized spacial score (nSPS) is 26.2. The summed E-state index contributed by atoms with van der Waals surface area (Å²) in [5.74, 6) is 0. The fraction of sp³-hybridized carbons (Fsp3) is 0.818. The van der Waals surface area contributed by atoms with Crippen molar-refractivity contribution in [1.82, 2.24) is 4.90 Å². The van der Waals surface area contributed by atoms with E-state index in [2.05, 4.69) is 31.7 Å². The van der Waals surface area contributed by atoms with Crippen molar-refractivity contribution in [1.29, 1.82) is 0 Å². The minimum Gasteiger partial charge on any atom is -0.297 e. The predicted molar refractivity (Wildman–Crippen MR) is 54.3 cm³/mol. The standard InChI is InChI=1S/C11H21N/c1-10(2)12-8-5-4-6-11(3)7-9-12/h7,10H,4-6,8-9H2,1-3H3/b11-7-. The minimum absolute atomic E-state index is 0.701. The topological polar surface area (TPSA) is 3.24 Å². The van der Waals surface area contributed by atoms with Crippen LogP contribution in [0.4, 0.5) is 0 Å². The van der Waals surface area contributed by atoms with Crippen LogP contribution in [0, 0.1) is 0 Å². The van der Waals surface area contributed by atoms with E-state index >= 15 is 0 Å². The molecule has 0 amide bonds. The molecular weight excluding hydrogens is 146 g/mol. The molecule has 0 N–H and O–H groups in total. The van der Waals surface area contributed by atoms with Gasteiger partial charge in [-0.05, 0) is 46.6 Å². The lowest BCUT2D eigenvalue weighted by Crippen LogP contribution is -2.32. The summed E-state index contributed by atoms with van der Waals surface area (Å²) in [5.41, 5.74) is 1.57. The summed E-state index contributed by atoms with van der Waals surface area (Å²) in [6.07, 6.45) is 6.43. The van der Waals surface area contributed by atoms with Crippen LogP contribution in [0.5, 0.6) is 0 Å². The van der Waals surface area contributed by atoms with Gasteiger partial charge in [0, 0.05) is 12.6 Å². The molecule has 1 nitrogen and oxygen atoms in total. The SMILES string of the molecule is C/C1=C/CN(C(C)C)CCCC1. The molecule has 1 aliphatic rings. The summed E-state index contributed by atoms with van der Waals surface area (Å²) in [4.78, 5) is 2.54. The summed E-state index contributed by atoms with van der Waals surface area (Å²) in [6.45, 7) is 9.25. The zero-order valence-electron chi connectivity index (χ0n) is 8.64. The summed E-state index contributed by atoms with van der Waals surface area (Å²) < 4.78 is 0. The molecule has 1 rings (SSSR count). The van der Waals surface area contributed by atoms with E-state index in [1.807, 2.05) is 0 Å². The van der Waals surface area contributed by atoms with Crippen molar-refractivity contribution < 1.29 is 0 Å². The number of hydrogen-bond acceptors (Lipinski definition) is 1. The van der Waals surface area contributed by atoms with E-state index < -0.39 is 0 Å². The van der Waals surface area contributed by atoms with Crippen LogP contribution in [0.3, 0.4) is 0 Å². The lowest BCUT2D eigenvalue weighted by Gasteiger charge is -2.26. The molecule has 1 heterocycles. The highest BCUT2D eigenvalue weighted by Crippen LogP contribution is 2.12. The van der Waals surface area contributed by atoms with Crippen molar-refractivity contribution in [2.45, 2.75) is 46.1 Å². The van der Waals surface area contributed by atoms with Crippen molar-refractivity contribution >= 4 is 0 Å². The molecule has 0 unspecified atom stereocenters. The van der Waals surface area contributed by atoms with Gasteiger partial charge < -0.3 is 0 Å². The zero-order chi connectivity index (χ0) is 8.97. The molecule has 1 heteroatoms. The fourth-order valence-corrected chi connectivity index (χ4v) is 1.65. The van der Waals surface area contributed by atoms with Gasteiger partial charge in [-0.25, -0.2) is 0 Å². The van der Waals surface area contributed by atoms with Crippen LogP contribution >= 0.6 is 0 Å². The third kappa shape index (κ3) is 2.98. The van der Waals surface area contributed by atoms with Crippen LogP contribution in [-0.4, -0.2) is 24.0 Å². The van der Waals surface area contributed by atoms with Crippen molar-refractivity contribution in [3.8, 4) is 0 Å². The van der Waals surface area contributed by atoms with Crippen LogP contribution in [-0.2, 0) is 0 Å². The predicted octanol–water partition coefficient (Wildman–Crippen LogP) is 2.83. The second kappa shape index (κ2) is 4.66. The first-order valence-electron chi connectivity index (χ1n) is 5.10. The Morgan fingerprint density at radius 1 is 1.33 bits per heavy atom. The average molecular weight is 167 g/mol. The highest BCUT2D eigenvalue weighted by atomic mass is 15.1. The van der Waals surface area contributed by atoms with Gasteiger partial charge in [-0.3, -0.25) is 4.90 Å². The molecule has 0 aromatic rings. The molecule has 12 heavy (non-hydrogen) atoms. The largest absolute Gasteiger partial charge is 0.297 e. The molecule has 0 aromatic heterocycles. The van der Waals surface area contributed by atoms with Crippen LogP contribution < -0.4 is 0 Å². The highest BCUT2D eigenvalue weighted by molar-refractivity contribution is 5.00. The zero-order valence-corrected chi connectivity index (χ0v) is 8.64. The molecule has 0 fully saturated rings. The van der Waals surface area contributed by atoms with E-state index in [0.717, 1.165) is 6.54 Å². The van der Waals surface area contributed by atoms with Gasteiger partial charge in [0.25, 0.3) is 0 Å². The lowest BCUT2D eigenvalue weighted by molar-refractivity contribution is 0.237. The Hall–Kier alpha value is -0.300. The third-order valence-electron chi connectivity index (χ3n) is 2.67.